The summed E-state index contributed by atoms with van der Waals surface area (Å²) >= 11 is 0. The molecule has 1 N–H and O–H groups in total. The fraction of sp³-hybridized carbons (Fsp3) is 0.500. The molecule has 1 fully saturated rings. The maximum absolute atomic E-state index is 11.0. The van der Waals surface area contributed by atoms with Crippen LogP contribution in [0.15, 0.2) is 18.3 Å². The molecule has 2 rings (SSSR count). The smallest absolute Gasteiger partial charge is 0.307 e. The van der Waals surface area contributed by atoms with E-state index in [9.17, 15) is 4.79 Å². The van der Waals surface area contributed by atoms with Gasteiger partial charge in [0.05, 0.1) is 5.92 Å². The molecule has 2 unspecified atom stereocenters. The van der Waals surface area contributed by atoms with Crippen molar-refractivity contribution in [3.05, 3.63) is 29.6 Å². The zero-order chi connectivity index (χ0) is 11.2. The minimum Gasteiger partial charge on any atom is -0.481 e. The Bertz CT molecular complexity index is 395. The Morgan fingerprint density at radius 1 is 1.47 bits per heavy atom. The van der Waals surface area contributed by atoms with Gasteiger partial charge in [0.1, 0.15) is 0 Å². The number of carbonyl (C=O) groups is 1. The lowest BCUT2D eigenvalue weighted by Gasteiger charge is -2.01. The first kappa shape index (κ1) is 10.1. The van der Waals surface area contributed by atoms with Gasteiger partial charge in [-0.15, -0.1) is 0 Å². The molecule has 1 saturated carbocycles. The van der Waals surface area contributed by atoms with Gasteiger partial charge in [-0.05, 0) is 24.0 Å². The third-order valence-electron chi connectivity index (χ3n) is 3.35. The van der Waals surface area contributed by atoms with Crippen LogP contribution in [0.4, 0.5) is 0 Å². The van der Waals surface area contributed by atoms with Crippen molar-refractivity contribution < 1.29 is 9.90 Å². The standard InChI is InChI=1S/C12H15NO2/c1-7-4-5-8(13-6-7)9-10(11(14)15)12(9,2)3/h4-6,9-10H,1-3H3,(H,14,15). The highest BCUT2D eigenvalue weighted by Crippen LogP contribution is 2.63. The van der Waals surface area contributed by atoms with E-state index in [4.69, 9.17) is 5.11 Å². The second kappa shape index (κ2) is 3.05. The van der Waals surface area contributed by atoms with Gasteiger partial charge in [-0.25, -0.2) is 0 Å². The van der Waals surface area contributed by atoms with E-state index in [1.54, 1.807) is 6.20 Å². The molecule has 0 bridgehead atoms. The van der Waals surface area contributed by atoms with Crippen LogP contribution in [0.1, 0.15) is 31.0 Å². The molecule has 0 aromatic carbocycles. The van der Waals surface area contributed by atoms with E-state index >= 15 is 0 Å². The van der Waals surface area contributed by atoms with E-state index in [0.717, 1.165) is 11.3 Å². The van der Waals surface area contributed by atoms with Crippen LogP contribution < -0.4 is 0 Å². The Morgan fingerprint density at radius 3 is 2.53 bits per heavy atom. The summed E-state index contributed by atoms with van der Waals surface area (Å²) in [5.74, 6) is -0.935. The minimum atomic E-state index is -0.715. The van der Waals surface area contributed by atoms with E-state index in [1.807, 2.05) is 32.9 Å². The van der Waals surface area contributed by atoms with Crippen LogP contribution in [0, 0.1) is 18.3 Å². The molecule has 0 aliphatic heterocycles. The van der Waals surface area contributed by atoms with Crippen LogP contribution in [0.3, 0.4) is 0 Å². The van der Waals surface area contributed by atoms with Gasteiger partial charge in [0.25, 0.3) is 0 Å². The van der Waals surface area contributed by atoms with Gasteiger partial charge in [0.15, 0.2) is 0 Å². The summed E-state index contributed by atoms with van der Waals surface area (Å²) in [5.41, 5.74) is 1.84. The number of carboxylic acids is 1. The van der Waals surface area contributed by atoms with Crippen molar-refractivity contribution in [3.63, 3.8) is 0 Å². The molecule has 0 spiro atoms. The maximum atomic E-state index is 11.0. The average molecular weight is 205 g/mol. The zero-order valence-corrected chi connectivity index (χ0v) is 9.19. The van der Waals surface area contributed by atoms with Gasteiger partial charge in [0, 0.05) is 17.8 Å². The molecule has 1 aromatic heterocycles. The molecule has 1 aliphatic carbocycles. The Hall–Kier alpha value is -1.38. The fourth-order valence-corrected chi connectivity index (χ4v) is 2.31. The SMILES string of the molecule is Cc1ccc(C2C(C(=O)O)C2(C)C)nc1. The van der Waals surface area contributed by atoms with Gasteiger partial charge >= 0.3 is 5.97 Å². The van der Waals surface area contributed by atoms with E-state index in [2.05, 4.69) is 4.98 Å². The molecule has 0 radical (unpaired) electrons. The Labute approximate surface area is 89.2 Å². The Morgan fingerprint density at radius 2 is 2.13 bits per heavy atom. The van der Waals surface area contributed by atoms with Crippen molar-refractivity contribution in [2.45, 2.75) is 26.7 Å². The topological polar surface area (TPSA) is 50.2 Å². The third-order valence-corrected chi connectivity index (χ3v) is 3.35. The van der Waals surface area contributed by atoms with Gasteiger partial charge in [-0.2, -0.15) is 0 Å². The largest absolute Gasteiger partial charge is 0.481 e. The third kappa shape index (κ3) is 1.52. The summed E-state index contributed by atoms with van der Waals surface area (Å²) in [7, 11) is 0. The summed E-state index contributed by atoms with van der Waals surface area (Å²) in [6, 6.07) is 3.92. The second-order valence-electron chi connectivity index (χ2n) is 4.88. The highest BCUT2D eigenvalue weighted by Gasteiger charge is 2.63. The quantitative estimate of drug-likeness (QED) is 0.805. The first-order valence-corrected chi connectivity index (χ1v) is 5.10. The summed E-state index contributed by atoms with van der Waals surface area (Å²) in [4.78, 5) is 15.3. The van der Waals surface area contributed by atoms with E-state index < -0.39 is 5.97 Å². The molecule has 80 valence electrons. The minimum absolute atomic E-state index is 0.0654. The Balaban J connectivity index is 2.27. The number of aliphatic carboxylic acids is 1. The fourth-order valence-electron chi connectivity index (χ4n) is 2.31. The molecule has 1 aromatic rings. The lowest BCUT2D eigenvalue weighted by atomic mass is 10.1. The number of hydrogen-bond donors (Lipinski definition) is 1. The lowest BCUT2D eigenvalue weighted by Crippen LogP contribution is -2.03. The second-order valence-corrected chi connectivity index (χ2v) is 4.88. The molecule has 1 aliphatic rings. The number of aromatic nitrogens is 1. The Kier molecular flexibility index (Phi) is 2.07. The highest BCUT2D eigenvalue weighted by molar-refractivity contribution is 5.77. The van der Waals surface area contributed by atoms with Crippen molar-refractivity contribution >= 4 is 5.97 Å². The molecule has 2 atom stereocenters. The molecular weight excluding hydrogens is 190 g/mol. The number of hydrogen-bond acceptors (Lipinski definition) is 2. The summed E-state index contributed by atoms with van der Waals surface area (Å²) in [6.07, 6.45) is 1.79. The van der Waals surface area contributed by atoms with Crippen molar-refractivity contribution in [2.24, 2.45) is 11.3 Å². The van der Waals surface area contributed by atoms with Crippen LogP contribution in [0.5, 0.6) is 0 Å². The predicted octanol–water partition coefficient (Wildman–Crippen LogP) is 2.21. The summed E-state index contributed by atoms with van der Waals surface area (Å²) < 4.78 is 0. The van der Waals surface area contributed by atoms with E-state index in [-0.39, 0.29) is 17.3 Å². The highest BCUT2D eigenvalue weighted by atomic mass is 16.4. The van der Waals surface area contributed by atoms with Crippen molar-refractivity contribution in [2.75, 3.05) is 0 Å². The van der Waals surface area contributed by atoms with Crippen molar-refractivity contribution in [1.29, 1.82) is 0 Å². The van der Waals surface area contributed by atoms with Crippen LogP contribution >= 0.6 is 0 Å². The zero-order valence-electron chi connectivity index (χ0n) is 9.19. The molecule has 3 heteroatoms. The summed E-state index contributed by atoms with van der Waals surface area (Å²) in [5, 5.41) is 9.05. The molecule has 15 heavy (non-hydrogen) atoms. The normalized spacial score (nSPS) is 27.4. The molecule has 0 amide bonds. The first-order valence-electron chi connectivity index (χ1n) is 5.10. The van der Waals surface area contributed by atoms with Crippen molar-refractivity contribution in [3.8, 4) is 0 Å². The van der Waals surface area contributed by atoms with E-state index in [1.165, 1.54) is 0 Å². The van der Waals surface area contributed by atoms with Crippen LogP contribution in [0.25, 0.3) is 0 Å². The van der Waals surface area contributed by atoms with Crippen LogP contribution in [-0.4, -0.2) is 16.1 Å². The monoisotopic (exact) mass is 205 g/mol. The molecular formula is C12H15NO2. The van der Waals surface area contributed by atoms with Gasteiger partial charge < -0.3 is 5.11 Å². The molecule has 0 saturated heterocycles. The summed E-state index contributed by atoms with van der Waals surface area (Å²) in [6.45, 7) is 5.94. The maximum Gasteiger partial charge on any atom is 0.307 e. The average Bonchev–Trinajstić information content (AvgIpc) is 2.70. The van der Waals surface area contributed by atoms with Gasteiger partial charge in [-0.3, -0.25) is 9.78 Å². The molecule has 3 nitrogen and oxygen atoms in total. The van der Waals surface area contributed by atoms with E-state index in [0.29, 0.717) is 0 Å². The molecule has 1 heterocycles. The first-order chi connectivity index (χ1) is 6.94. The lowest BCUT2D eigenvalue weighted by molar-refractivity contribution is -0.139. The van der Waals surface area contributed by atoms with Crippen molar-refractivity contribution in [1.82, 2.24) is 4.98 Å². The number of pyridine rings is 1. The van der Waals surface area contributed by atoms with Crippen LogP contribution in [-0.2, 0) is 4.79 Å². The number of rotatable bonds is 2. The number of aryl methyl sites for hydroxylation is 1. The number of carboxylic acid groups (broad SMARTS) is 1. The predicted molar refractivity (Wildman–Crippen MR) is 56.6 cm³/mol. The van der Waals surface area contributed by atoms with Crippen LogP contribution in [0.2, 0.25) is 0 Å². The van der Waals surface area contributed by atoms with Gasteiger partial charge in [0.2, 0.25) is 0 Å². The number of nitrogens with zero attached hydrogens (tertiary/aromatic N) is 1. The van der Waals surface area contributed by atoms with Gasteiger partial charge in [-0.1, -0.05) is 19.9 Å².